The van der Waals surface area contributed by atoms with E-state index in [0.717, 1.165) is 27.8 Å². The summed E-state index contributed by atoms with van der Waals surface area (Å²) in [6.07, 6.45) is 2.64. The smallest absolute Gasteiger partial charge is 0.255 e. The Balaban J connectivity index is 1.36. The molecule has 5 heteroatoms. The number of hydrogen-bond acceptors (Lipinski definition) is 3. The van der Waals surface area contributed by atoms with E-state index in [0.29, 0.717) is 19.6 Å². The number of aromatic hydroxyl groups is 1. The fourth-order valence-electron chi connectivity index (χ4n) is 3.27. The van der Waals surface area contributed by atoms with Crippen LogP contribution in [0.1, 0.15) is 21.5 Å². The van der Waals surface area contributed by atoms with Gasteiger partial charge in [0.1, 0.15) is 18.1 Å². The first-order valence-corrected chi connectivity index (χ1v) is 9.53. The van der Waals surface area contributed by atoms with Crippen LogP contribution in [0.25, 0.3) is 10.9 Å². The first-order chi connectivity index (χ1) is 14.2. The number of H-pyrrole nitrogens is 1. The summed E-state index contributed by atoms with van der Waals surface area (Å²) in [7, 11) is 0. The van der Waals surface area contributed by atoms with Gasteiger partial charge in [0.25, 0.3) is 5.91 Å². The van der Waals surface area contributed by atoms with Crippen LogP contribution in [0.3, 0.4) is 0 Å². The van der Waals surface area contributed by atoms with Gasteiger partial charge in [-0.05, 0) is 41.8 Å². The molecule has 3 aromatic carbocycles. The maximum absolute atomic E-state index is 12.2. The van der Waals surface area contributed by atoms with Crippen LogP contribution in [0.2, 0.25) is 0 Å². The average Bonchev–Trinajstić information content (AvgIpc) is 3.15. The van der Waals surface area contributed by atoms with Gasteiger partial charge < -0.3 is 20.1 Å². The number of carbonyl (C=O) groups excluding carboxylic acids is 1. The van der Waals surface area contributed by atoms with E-state index in [2.05, 4.69) is 10.3 Å². The summed E-state index contributed by atoms with van der Waals surface area (Å²) in [5.41, 5.74) is 3.52. The zero-order chi connectivity index (χ0) is 20.1. The molecule has 1 aromatic heterocycles. The molecule has 0 aliphatic carbocycles. The SMILES string of the molecule is O=C(NCCc1c[nH]c2cc(OCc3ccccc3)ccc12)c1ccccc1O. The number of fused-ring (bicyclic) bond motifs is 1. The molecule has 0 radical (unpaired) electrons. The molecule has 4 aromatic rings. The first kappa shape index (κ1) is 18.6. The Hall–Kier alpha value is -3.73. The van der Waals surface area contributed by atoms with E-state index in [4.69, 9.17) is 4.74 Å². The highest BCUT2D eigenvalue weighted by Crippen LogP contribution is 2.24. The fraction of sp³-hybridized carbons (Fsp3) is 0.125. The highest BCUT2D eigenvalue weighted by atomic mass is 16.5. The van der Waals surface area contributed by atoms with Gasteiger partial charge in [0.15, 0.2) is 0 Å². The van der Waals surface area contributed by atoms with Gasteiger partial charge in [-0.2, -0.15) is 0 Å². The molecule has 0 aliphatic rings. The molecule has 0 unspecified atom stereocenters. The number of hydrogen-bond donors (Lipinski definition) is 3. The van der Waals surface area contributed by atoms with Gasteiger partial charge in [-0.3, -0.25) is 4.79 Å². The normalized spacial score (nSPS) is 10.8. The number of phenolic OH excluding ortho intramolecular Hbond substituents is 1. The number of nitrogens with one attached hydrogen (secondary N) is 2. The van der Waals surface area contributed by atoms with Crippen LogP contribution in [0.4, 0.5) is 0 Å². The molecular weight excluding hydrogens is 364 g/mol. The number of carbonyl (C=O) groups is 1. The second-order valence-corrected chi connectivity index (χ2v) is 6.82. The van der Waals surface area contributed by atoms with Crippen LogP contribution >= 0.6 is 0 Å². The van der Waals surface area contributed by atoms with Crippen molar-refractivity contribution in [3.05, 3.63) is 95.7 Å². The van der Waals surface area contributed by atoms with E-state index in [1.54, 1.807) is 18.2 Å². The minimum atomic E-state index is -0.278. The number of aromatic nitrogens is 1. The van der Waals surface area contributed by atoms with Gasteiger partial charge in [-0.25, -0.2) is 0 Å². The number of rotatable bonds is 7. The van der Waals surface area contributed by atoms with Gasteiger partial charge in [-0.1, -0.05) is 42.5 Å². The number of aromatic amines is 1. The summed E-state index contributed by atoms with van der Waals surface area (Å²) in [6.45, 7) is 1.00. The lowest BCUT2D eigenvalue weighted by Gasteiger charge is -2.07. The molecule has 0 aliphatic heterocycles. The molecule has 3 N–H and O–H groups in total. The van der Waals surface area contributed by atoms with Crippen molar-refractivity contribution in [1.29, 1.82) is 0 Å². The molecule has 146 valence electrons. The van der Waals surface area contributed by atoms with Gasteiger partial charge in [-0.15, -0.1) is 0 Å². The van der Waals surface area contributed by atoms with Crippen LogP contribution < -0.4 is 10.1 Å². The highest BCUT2D eigenvalue weighted by Gasteiger charge is 2.10. The lowest BCUT2D eigenvalue weighted by molar-refractivity contribution is 0.0951. The summed E-state index contributed by atoms with van der Waals surface area (Å²) >= 11 is 0. The minimum absolute atomic E-state index is 0.0138. The molecular formula is C24H22N2O3. The van der Waals surface area contributed by atoms with Crippen LogP contribution in [-0.4, -0.2) is 22.5 Å². The molecule has 0 fully saturated rings. The van der Waals surface area contributed by atoms with E-state index in [1.165, 1.54) is 6.07 Å². The van der Waals surface area contributed by atoms with E-state index >= 15 is 0 Å². The van der Waals surface area contributed by atoms with Crippen molar-refractivity contribution in [1.82, 2.24) is 10.3 Å². The maximum Gasteiger partial charge on any atom is 0.255 e. The highest BCUT2D eigenvalue weighted by molar-refractivity contribution is 5.96. The number of para-hydroxylation sites is 1. The summed E-state index contributed by atoms with van der Waals surface area (Å²) < 4.78 is 5.88. The molecule has 1 amide bonds. The summed E-state index contributed by atoms with van der Waals surface area (Å²) in [6, 6.07) is 22.6. The lowest BCUT2D eigenvalue weighted by atomic mass is 10.1. The fourth-order valence-corrected chi connectivity index (χ4v) is 3.27. The second kappa shape index (κ2) is 8.52. The van der Waals surface area contributed by atoms with E-state index in [1.807, 2.05) is 54.7 Å². The predicted octanol–water partition coefficient (Wildman–Crippen LogP) is 4.43. The van der Waals surface area contributed by atoms with Crippen LogP contribution in [0, 0.1) is 0 Å². The van der Waals surface area contributed by atoms with Crippen LogP contribution in [0.15, 0.2) is 79.0 Å². The van der Waals surface area contributed by atoms with Gasteiger partial charge in [0.2, 0.25) is 0 Å². The largest absolute Gasteiger partial charge is 0.507 e. The molecule has 0 atom stereocenters. The number of phenols is 1. The number of amides is 1. The zero-order valence-electron chi connectivity index (χ0n) is 15.9. The Morgan fingerprint density at radius 2 is 1.79 bits per heavy atom. The topological polar surface area (TPSA) is 74.4 Å². The van der Waals surface area contributed by atoms with Gasteiger partial charge in [0.05, 0.1) is 5.56 Å². The van der Waals surface area contributed by atoms with Crippen molar-refractivity contribution in [3.63, 3.8) is 0 Å². The predicted molar refractivity (Wildman–Crippen MR) is 113 cm³/mol. The summed E-state index contributed by atoms with van der Waals surface area (Å²) in [5, 5.41) is 13.7. The van der Waals surface area contributed by atoms with Crippen molar-refractivity contribution in [2.24, 2.45) is 0 Å². The van der Waals surface area contributed by atoms with Crippen molar-refractivity contribution in [3.8, 4) is 11.5 Å². The third-order valence-electron chi connectivity index (χ3n) is 4.82. The lowest BCUT2D eigenvalue weighted by Crippen LogP contribution is -2.25. The Bertz CT molecular complexity index is 1120. The maximum atomic E-state index is 12.2. The molecule has 0 saturated heterocycles. The van der Waals surface area contributed by atoms with Crippen molar-refractivity contribution in [2.45, 2.75) is 13.0 Å². The number of benzene rings is 3. The quantitative estimate of drug-likeness (QED) is 0.440. The van der Waals surface area contributed by atoms with E-state index in [9.17, 15) is 9.90 Å². The summed E-state index contributed by atoms with van der Waals surface area (Å²) in [4.78, 5) is 15.5. The van der Waals surface area contributed by atoms with Gasteiger partial charge in [0, 0.05) is 29.7 Å². The molecule has 5 nitrogen and oxygen atoms in total. The van der Waals surface area contributed by atoms with Crippen LogP contribution in [0.5, 0.6) is 11.5 Å². The average molecular weight is 386 g/mol. The van der Waals surface area contributed by atoms with Crippen LogP contribution in [-0.2, 0) is 13.0 Å². The molecule has 1 heterocycles. The van der Waals surface area contributed by atoms with Crippen molar-refractivity contribution < 1.29 is 14.6 Å². The van der Waals surface area contributed by atoms with E-state index < -0.39 is 0 Å². The van der Waals surface area contributed by atoms with Crippen molar-refractivity contribution >= 4 is 16.8 Å². The molecule has 0 saturated carbocycles. The standard InChI is InChI=1S/C24H22N2O3/c27-23-9-5-4-8-21(23)24(28)25-13-12-18-15-26-22-14-19(10-11-20(18)22)29-16-17-6-2-1-3-7-17/h1-11,14-15,26-27H,12-13,16H2,(H,25,28). The Morgan fingerprint density at radius 3 is 2.62 bits per heavy atom. The Morgan fingerprint density at radius 1 is 1.00 bits per heavy atom. The van der Waals surface area contributed by atoms with Gasteiger partial charge >= 0.3 is 0 Å². The summed E-state index contributed by atoms with van der Waals surface area (Å²) in [5.74, 6) is 0.516. The zero-order valence-corrected chi connectivity index (χ0v) is 15.9. The third kappa shape index (κ3) is 4.41. The van der Waals surface area contributed by atoms with Crippen molar-refractivity contribution in [2.75, 3.05) is 6.54 Å². The molecule has 0 bridgehead atoms. The first-order valence-electron chi connectivity index (χ1n) is 9.53. The monoisotopic (exact) mass is 386 g/mol. The molecule has 0 spiro atoms. The number of ether oxygens (including phenoxy) is 1. The second-order valence-electron chi connectivity index (χ2n) is 6.82. The Kier molecular flexibility index (Phi) is 5.47. The molecule has 29 heavy (non-hydrogen) atoms. The third-order valence-corrected chi connectivity index (χ3v) is 4.82. The minimum Gasteiger partial charge on any atom is -0.507 e. The van der Waals surface area contributed by atoms with E-state index in [-0.39, 0.29) is 17.2 Å². The molecule has 4 rings (SSSR count). The Labute approximate surface area is 169 Å².